The second kappa shape index (κ2) is 5.82. The van der Waals surface area contributed by atoms with Gasteiger partial charge in [0.05, 0.1) is 6.61 Å². The van der Waals surface area contributed by atoms with Gasteiger partial charge in [0.15, 0.2) is 0 Å². The van der Waals surface area contributed by atoms with E-state index in [4.69, 9.17) is 4.74 Å². The summed E-state index contributed by atoms with van der Waals surface area (Å²) in [4.78, 5) is 22.5. The van der Waals surface area contributed by atoms with Gasteiger partial charge in [-0.2, -0.15) is 0 Å². The number of nitrogens with zero attached hydrogens (tertiary/aromatic N) is 1. The lowest BCUT2D eigenvalue weighted by Crippen LogP contribution is -2.28. The van der Waals surface area contributed by atoms with E-state index in [0.29, 0.717) is 5.69 Å². The van der Waals surface area contributed by atoms with Gasteiger partial charge in [-0.05, 0) is 32.9 Å². The van der Waals surface area contributed by atoms with Crippen LogP contribution in [0.3, 0.4) is 0 Å². The summed E-state index contributed by atoms with van der Waals surface area (Å²) in [5.74, 6) is -0.384. The Labute approximate surface area is 106 Å². The third kappa shape index (κ3) is 3.70. The SMILES string of the molecule is CC(C)(C)OC(=O)n1cccc1C(CO)CC=O. The first kappa shape index (κ1) is 14.4. The average Bonchev–Trinajstić information content (AvgIpc) is 2.72. The lowest BCUT2D eigenvalue weighted by molar-refractivity contribution is -0.108. The van der Waals surface area contributed by atoms with Crippen LogP contribution in [-0.4, -0.2) is 34.3 Å². The van der Waals surface area contributed by atoms with E-state index < -0.39 is 11.7 Å². The van der Waals surface area contributed by atoms with Gasteiger partial charge in [0.1, 0.15) is 11.9 Å². The van der Waals surface area contributed by atoms with E-state index >= 15 is 0 Å². The largest absolute Gasteiger partial charge is 0.443 e. The number of aldehydes is 1. The highest BCUT2D eigenvalue weighted by molar-refractivity contribution is 5.72. The van der Waals surface area contributed by atoms with Crippen LogP contribution in [0.1, 0.15) is 38.8 Å². The minimum Gasteiger partial charge on any atom is -0.443 e. The van der Waals surface area contributed by atoms with Crippen molar-refractivity contribution >= 4 is 12.4 Å². The molecule has 0 spiro atoms. The Morgan fingerprint density at radius 3 is 2.72 bits per heavy atom. The molecule has 5 nitrogen and oxygen atoms in total. The first-order chi connectivity index (χ1) is 8.39. The standard InChI is InChI=1S/C13H19NO4/c1-13(2,3)18-12(17)14-7-4-5-11(14)10(9-16)6-8-15/h4-5,7-8,10,16H,6,9H2,1-3H3. The maximum absolute atomic E-state index is 11.9. The molecule has 0 aliphatic rings. The molecule has 1 aromatic rings. The van der Waals surface area contributed by atoms with Crippen molar-refractivity contribution < 1.29 is 19.4 Å². The van der Waals surface area contributed by atoms with Crippen LogP contribution >= 0.6 is 0 Å². The van der Waals surface area contributed by atoms with Gasteiger partial charge in [-0.3, -0.25) is 4.57 Å². The predicted octanol–water partition coefficient (Wildman–Crippen LogP) is 1.94. The van der Waals surface area contributed by atoms with Crippen LogP contribution in [0.25, 0.3) is 0 Å². The molecule has 1 aromatic heterocycles. The number of rotatable bonds is 4. The number of ether oxygens (including phenoxy) is 1. The maximum atomic E-state index is 11.9. The zero-order chi connectivity index (χ0) is 13.8. The summed E-state index contributed by atoms with van der Waals surface area (Å²) < 4.78 is 6.58. The summed E-state index contributed by atoms with van der Waals surface area (Å²) >= 11 is 0. The van der Waals surface area contributed by atoms with Crippen molar-refractivity contribution in [1.29, 1.82) is 0 Å². The van der Waals surface area contributed by atoms with Gasteiger partial charge in [0.25, 0.3) is 0 Å². The lowest BCUT2D eigenvalue weighted by atomic mass is 10.0. The predicted molar refractivity (Wildman–Crippen MR) is 66.6 cm³/mol. The molecule has 18 heavy (non-hydrogen) atoms. The van der Waals surface area contributed by atoms with E-state index in [1.165, 1.54) is 4.57 Å². The fourth-order valence-electron chi connectivity index (χ4n) is 1.61. The number of carbonyl (C=O) groups is 2. The summed E-state index contributed by atoms with van der Waals surface area (Å²) in [5, 5.41) is 9.24. The quantitative estimate of drug-likeness (QED) is 0.832. The Balaban J connectivity index is 2.94. The molecule has 1 N–H and O–H groups in total. The fraction of sp³-hybridized carbons (Fsp3) is 0.538. The first-order valence-electron chi connectivity index (χ1n) is 5.84. The highest BCUT2D eigenvalue weighted by atomic mass is 16.6. The van der Waals surface area contributed by atoms with Crippen molar-refractivity contribution in [2.24, 2.45) is 0 Å². The molecule has 100 valence electrons. The Morgan fingerprint density at radius 2 is 2.22 bits per heavy atom. The topological polar surface area (TPSA) is 68.5 Å². The van der Waals surface area contributed by atoms with Crippen LogP contribution in [0.5, 0.6) is 0 Å². The first-order valence-corrected chi connectivity index (χ1v) is 5.84. The molecule has 1 heterocycles. The molecule has 1 atom stereocenters. The smallest absolute Gasteiger partial charge is 0.418 e. The number of hydrogen-bond donors (Lipinski definition) is 1. The third-order valence-electron chi connectivity index (χ3n) is 2.39. The van der Waals surface area contributed by atoms with E-state index in [2.05, 4.69) is 0 Å². The maximum Gasteiger partial charge on any atom is 0.418 e. The van der Waals surface area contributed by atoms with E-state index in [-0.39, 0.29) is 18.9 Å². The van der Waals surface area contributed by atoms with Gasteiger partial charge in [0, 0.05) is 24.2 Å². The van der Waals surface area contributed by atoms with E-state index in [1.807, 2.05) is 0 Å². The zero-order valence-corrected chi connectivity index (χ0v) is 10.9. The summed E-state index contributed by atoms with van der Waals surface area (Å²) in [6.07, 6.45) is 1.96. The fourth-order valence-corrected chi connectivity index (χ4v) is 1.61. The molecular weight excluding hydrogens is 234 g/mol. The summed E-state index contributed by atoms with van der Waals surface area (Å²) in [6, 6.07) is 3.39. The average molecular weight is 253 g/mol. The number of carbonyl (C=O) groups excluding carboxylic acids is 2. The van der Waals surface area contributed by atoms with Gasteiger partial charge in [-0.25, -0.2) is 4.79 Å². The minimum absolute atomic E-state index is 0.170. The summed E-state index contributed by atoms with van der Waals surface area (Å²) in [5.41, 5.74) is -0.00306. The normalized spacial score (nSPS) is 13.1. The van der Waals surface area contributed by atoms with Gasteiger partial charge >= 0.3 is 6.09 Å². The van der Waals surface area contributed by atoms with Crippen molar-refractivity contribution in [2.45, 2.75) is 38.7 Å². The molecule has 0 radical (unpaired) electrons. The Hall–Kier alpha value is -1.62. The number of aromatic nitrogens is 1. The van der Waals surface area contributed by atoms with Crippen molar-refractivity contribution in [3.8, 4) is 0 Å². The Kier molecular flexibility index (Phi) is 4.67. The highest BCUT2D eigenvalue weighted by Gasteiger charge is 2.22. The van der Waals surface area contributed by atoms with Gasteiger partial charge in [-0.1, -0.05) is 0 Å². The van der Waals surface area contributed by atoms with E-state index in [0.717, 1.165) is 6.29 Å². The monoisotopic (exact) mass is 253 g/mol. The number of aliphatic hydroxyl groups is 1. The van der Waals surface area contributed by atoms with Crippen LogP contribution in [0, 0.1) is 0 Å². The molecule has 0 aliphatic heterocycles. The van der Waals surface area contributed by atoms with Gasteiger partial charge < -0.3 is 14.6 Å². The van der Waals surface area contributed by atoms with Crippen molar-refractivity contribution in [3.63, 3.8) is 0 Å². The summed E-state index contributed by atoms with van der Waals surface area (Å²) in [6.45, 7) is 5.15. The molecule has 0 aliphatic carbocycles. The molecule has 0 saturated carbocycles. The second-order valence-corrected chi connectivity index (χ2v) is 5.07. The van der Waals surface area contributed by atoms with Crippen LogP contribution in [0.2, 0.25) is 0 Å². The zero-order valence-electron chi connectivity index (χ0n) is 10.9. The lowest BCUT2D eigenvalue weighted by Gasteiger charge is -2.21. The molecule has 0 fully saturated rings. The van der Waals surface area contributed by atoms with Crippen LogP contribution in [0.4, 0.5) is 4.79 Å². The van der Waals surface area contributed by atoms with Crippen molar-refractivity contribution in [2.75, 3.05) is 6.61 Å². The number of aliphatic hydroxyl groups excluding tert-OH is 1. The molecule has 0 amide bonds. The second-order valence-electron chi connectivity index (χ2n) is 5.07. The minimum atomic E-state index is -0.585. The van der Waals surface area contributed by atoms with Crippen LogP contribution < -0.4 is 0 Å². The molecule has 0 aromatic carbocycles. The Morgan fingerprint density at radius 1 is 1.56 bits per heavy atom. The van der Waals surface area contributed by atoms with Crippen molar-refractivity contribution in [3.05, 3.63) is 24.0 Å². The molecule has 0 saturated heterocycles. The molecule has 0 bridgehead atoms. The Bertz CT molecular complexity index is 417. The third-order valence-corrected chi connectivity index (χ3v) is 2.39. The van der Waals surface area contributed by atoms with Gasteiger partial charge in [-0.15, -0.1) is 0 Å². The molecular formula is C13H19NO4. The molecule has 1 rings (SSSR count). The molecule has 1 unspecified atom stereocenters. The van der Waals surface area contributed by atoms with Crippen molar-refractivity contribution in [1.82, 2.24) is 4.57 Å². The highest BCUT2D eigenvalue weighted by Crippen LogP contribution is 2.20. The van der Waals surface area contributed by atoms with Gasteiger partial charge in [0.2, 0.25) is 0 Å². The molecule has 5 heteroatoms. The van der Waals surface area contributed by atoms with Crippen LogP contribution in [-0.2, 0) is 9.53 Å². The van der Waals surface area contributed by atoms with E-state index in [1.54, 1.807) is 39.1 Å². The van der Waals surface area contributed by atoms with Crippen LogP contribution in [0.15, 0.2) is 18.3 Å². The van der Waals surface area contributed by atoms with E-state index in [9.17, 15) is 14.7 Å². The summed E-state index contributed by atoms with van der Waals surface area (Å²) in [7, 11) is 0. The number of hydrogen-bond acceptors (Lipinski definition) is 4.